The van der Waals surface area contributed by atoms with Crippen molar-refractivity contribution in [3.05, 3.63) is 35.4 Å². The zero-order valence-corrected chi connectivity index (χ0v) is 13.1. The number of hydrogen-bond acceptors (Lipinski definition) is 2. The average molecular weight is 316 g/mol. The number of carbonyl (C=O) groups is 1. The van der Waals surface area contributed by atoms with Crippen molar-refractivity contribution in [2.45, 2.75) is 45.3 Å². The summed E-state index contributed by atoms with van der Waals surface area (Å²) in [5, 5.41) is 6.01. The molecule has 0 radical (unpaired) electrons. The van der Waals surface area contributed by atoms with Crippen molar-refractivity contribution in [3.63, 3.8) is 0 Å². The monoisotopic (exact) mass is 316 g/mol. The molecule has 0 saturated carbocycles. The number of hydrogen-bond donors (Lipinski definition) is 2. The number of halogens is 3. The first-order valence-electron chi connectivity index (χ1n) is 7.41. The summed E-state index contributed by atoms with van der Waals surface area (Å²) in [4.78, 5) is 11.8. The molecule has 124 valence electrons. The molecule has 0 saturated heterocycles. The molecule has 2 atom stereocenters. The Morgan fingerprint density at radius 2 is 1.77 bits per heavy atom. The fraction of sp³-hybridized carbons (Fsp3) is 0.562. The van der Waals surface area contributed by atoms with E-state index >= 15 is 0 Å². The summed E-state index contributed by atoms with van der Waals surface area (Å²) in [6.45, 7) is 7.16. The normalized spacial score (nSPS) is 14.5. The van der Waals surface area contributed by atoms with Crippen LogP contribution in [0.5, 0.6) is 0 Å². The van der Waals surface area contributed by atoms with E-state index in [0.29, 0.717) is 6.54 Å². The fourth-order valence-corrected chi connectivity index (χ4v) is 2.16. The van der Waals surface area contributed by atoms with Gasteiger partial charge in [0.05, 0.1) is 5.56 Å². The molecule has 0 aliphatic heterocycles. The Balaban J connectivity index is 2.51. The first-order chi connectivity index (χ1) is 10.2. The summed E-state index contributed by atoms with van der Waals surface area (Å²) >= 11 is 0. The smallest absolute Gasteiger partial charge is 0.355 e. The van der Waals surface area contributed by atoms with E-state index in [9.17, 15) is 18.0 Å². The van der Waals surface area contributed by atoms with Gasteiger partial charge in [0.2, 0.25) is 5.91 Å². The molecule has 1 unspecified atom stereocenters. The minimum absolute atomic E-state index is 0.0999. The lowest BCUT2D eigenvalue weighted by atomic mass is 9.96. The summed E-state index contributed by atoms with van der Waals surface area (Å²) in [6, 6.07) is 5.16. The Morgan fingerprint density at radius 1 is 1.18 bits per heavy atom. The standard InChI is InChI=1S/C16H23F3N2O/c1-4-20-12(3)10-21-15(22)9-11(2)13-5-7-14(8-6-13)16(17,18)19/h5-8,11-12,20H,4,9-10H2,1-3H3,(H,21,22)/t11?,12-/m1/s1. The van der Waals surface area contributed by atoms with E-state index in [2.05, 4.69) is 10.6 Å². The van der Waals surface area contributed by atoms with Gasteiger partial charge in [-0.15, -0.1) is 0 Å². The van der Waals surface area contributed by atoms with Crippen LogP contribution in [-0.4, -0.2) is 25.0 Å². The molecule has 22 heavy (non-hydrogen) atoms. The van der Waals surface area contributed by atoms with Crippen LogP contribution in [0.25, 0.3) is 0 Å². The molecule has 0 aromatic heterocycles. The number of rotatable bonds is 7. The Hall–Kier alpha value is -1.56. The Labute approximate surface area is 129 Å². The van der Waals surface area contributed by atoms with Crippen molar-refractivity contribution in [1.29, 1.82) is 0 Å². The van der Waals surface area contributed by atoms with Crippen molar-refractivity contribution in [2.75, 3.05) is 13.1 Å². The highest BCUT2D eigenvalue weighted by Crippen LogP contribution is 2.30. The van der Waals surface area contributed by atoms with E-state index in [-0.39, 0.29) is 24.3 Å². The third-order valence-corrected chi connectivity index (χ3v) is 3.46. The molecule has 0 spiro atoms. The van der Waals surface area contributed by atoms with E-state index in [1.54, 1.807) is 0 Å². The van der Waals surface area contributed by atoms with Gasteiger partial charge in [0.25, 0.3) is 0 Å². The van der Waals surface area contributed by atoms with Crippen molar-refractivity contribution in [1.82, 2.24) is 10.6 Å². The number of likely N-dealkylation sites (N-methyl/N-ethyl adjacent to an activating group) is 1. The van der Waals surface area contributed by atoms with E-state index < -0.39 is 11.7 Å². The van der Waals surface area contributed by atoms with Crippen molar-refractivity contribution < 1.29 is 18.0 Å². The van der Waals surface area contributed by atoms with Crippen LogP contribution in [0, 0.1) is 0 Å². The van der Waals surface area contributed by atoms with Crippen molar-refractivity contribution in [3.8, 4) is 0 Å². The zero-order chi connectivity index (χ0) is 16.8. The second-order valence-electron chi connectivity index (χ2n) is 5.49. The molecular formula is C16H23F3N2O. The summed E-state index contributed by atoms with van der Waals surface area (Å²) in [7, 11) is 0. The quantitative estimate of drug-likeness (QED) is 0.810. The number of alkyl halides is 3. The molecule has 1 aromatic carbocycles. The van der Waals surface area contributed by atoms with E-state index in [1.165, 1.54) is 12.1 Å². The third kappa shape index (κ3) is 6.05. The van der Waals surface area contributed by atoms with Gasteiger partial charge in [-0.05, 0) is 37.1 Å². The molecule has 6 heteroatoms. The summed E-state index contributed by atoms with van der Waals surface area (Å²) < 4.78 is 37.5. The fourth-order valence-electron chi connectivity index (χ4n) is 2.16. The van der Waals surface area contributed by atoms with Gasteiger partial charge in [0.15, 0.2) is 0 Å². The lowest BCUT2D eigenvalue weighted by molar-refractivity contribution is -0.137. The highest BCUT2D eigenvalue weighted by Gasteiger charge is 2.30. The van der Waals surface area contributed by atoms with Crippen LogP contribution < -0.4 is 10.6 Å². The molecule has 0 aliphatic carbocycles. The average Bonchev–Trinajstić information content (AvgIpc) is 2.44. The molecule has 0 bridgehead atoms. The minimum Gasteiger partial charge on any atom is -0.355 e. The summed E-state index contributed by atoms with van der Waals surface area (Å²) in [5.74, 6) is -0.228. The minimum atomic E-state index is -4.33. The molecule has 0 heterocycles. The second-order valence-corrected chi connectivity index (χ2v) is 5.49. The topological polar surface area (TPSA) is 41.1 Å². The van der Waals surface area contributed by atoms with Gasteiger partial charge in [-0.2, -0.15) is 13.2 Å². The molecule has 1 rings (SSSR count). The molecule has 1 amide bonds. The van der Waals surface area contributed by atoms with Crippen LogP contribution in [0.4, 0.5) is 13.2 Å². The maximum absolute atomic E-state index is 12.5. The summed E-state index contributed by atoms with van der Waals surface area (Å²) in [6.07, 6.45) is -4.08. The number of amides is 1. The van der Waals surface area contributed by atoms with Crippen LogP contribution in [0.15, 0.2) is 24.3 Å². The number of nitrogens with one attached hydrogen (secondary N) is 2. The third-order valence-electron chi connectivity index (χ3n) is 3.46. The zero-order valence-electron chi connectivity index (χ0n) is 13.1. The Kier molecular flexibility index (Phi) is 6.87. The highest BCUT2D eigenvalue weighted by molar-refractivity contribution is 5.76. The van der Waals surface area contributed by atoms with Gasteiger partial charge in [0, 0.05) is 19.0 Å². The van der Waals surface area contributed by atoms with Crippen molar-refractivity contribution in [2.24, 2.45) is 0 Å². The van der Waals surface area contributed by atoms with Gasteiger partial charge >= 0.3 is 6.18 Å². The van der Waals surface area contributed by atoms with Gasteiger partial charge in [-0.25, -0.2) is 0 Å². The van der Waals surface area contributed by atoms with Gasteiger partial charge in [0.1, 0.15) is 0 Å². The number of carbonyl (C=O) groups excluding carboxylic acids is 1. The molecule has 0 fully saturated rings. The van der Waals surface area contributed by atoms with Crippen LogP contribution in [0.2, 0.25) is 0 Å². The second kappa shape index (κ2) is 8.17. The largest absolute Gasteiger partial charge is 0.416 e. The van der Waals surface area contributed by atoms with E-state index in [1.807, 2.05) is 20.8 Å². The lowest BCUT2D eigenvalue weighted by Gasteiger charge is -2.16. The molecular weight excluding hydrogens is 293 g/mol. The predicted molar refractivity (Wildman–Crippen MR) is 80.6 cm³/mol. The molecule has 0 aliphatic rings. The molecule has 1 aromatic rings. The first-order valence-corrected chi connectivity index (χ1v) is 7.41. The molecule has 2 N–H and O–H groups in total. The highest BCUT2D eigenvalue weighted by atomic mass is 19.4. The summed E-state index contributed by atoms with van der Waals surface area (Å²) in [5.41, 5.74) is 0.0512. The van der Waals surface area contributed by atoms with E-state index in [0.717, 1.165) is 24.2 Å². The van der Waals surface area contributed by atoms with Crippen LogP contribution in [0.3, 0.4) is 0 Å². The van der Waals surface area contributed by atoms with Crippen molar-refractivity contribution >= 4 is 5.91 Å². The van der Waals surface area contributed by atoms with Crippen LogP contribution in [0.1, 0.15) is 44.2 Å². The van der Waals surface area contributed by atoms with Crippen LogP contribution in [-0.2, 0) is 11.0 Å². The lowest BCUT2D eigenvalue weighted by Crippen LogP contribution is -2.39. The first kappa shape index (κ1) is 18.5. The molecule has 3 nitrogen and oxygen atoms in total. The van der Waals surface area contributed by atoms with Gasteiger partial charge in [-0.3, -0.25) is 4.79 Å². The van der Waals surface area contributed by atoms with Gasteiger partial charge < -0.3 is 10.6 Å². The maximum atomic E-state index is 12.5. The Bertz CT molecular complexity index is 471. The van der Waals surface area contributed by atoms with Gasteiger partial charge in [-0.1, -0.05) is 26.0 Å². The Morgan fingerprint density at radius 3 is 2.27 bits per heavy atom. The van der Waals surface area contributed by atoms with Crippen LogP contribution >= 0.6 is 0 Å². The maximum Gasteiger partial charge on any atom is 0.416 e. The SMILES string of the molecule is CCN[C@H](C)CNC(=O)CC(C)c1ccc(C(F)(F)F)cc1. The van der Waals surface area contributed by atoms with E-state index in [4.69, 9.17) is 0 Å². The number of benzene rings is 1. The predicted octanol–water partition coefficient (Wildman–Crippen LogP) is 3.31.